The van der Waals surface area contributed by atoms with Crippen molar-refractivity contribution in [3.63, 3.8) is 0 Å². The average molecular weight is 262 g/mol. The van der Waals surface area contributed by atoms with Crippen LogP contribution in [0.3, 0.4) is 0 Å². The van der Waals surface area contributed by atoms with Crippen LogP contribution in [0.5, 0.6) is 5.75 Å². The SMILES string of the molecule is CCc1noc(COc2ccc(C)cc2[C@H](C)O)n1. The molecule has 0 fully saturated rings. The van der Waals surface area contributed by atoms with E-state index in [9.17, 15) is 5.11 Å². The Kier molecular flexibility index (Phi) is 4.16. The van der Waals surface area contributed by atoms with Gasteiger partial charge < -0.3 is 14.4 Å². The fraction of sp³-hybridized carbons (Fsp3) is 0.429. The van der Waals surface area contributed by atoms with Gasteiger partial charge in [-0.25, -0.2) is 0 Å². The van der Waals surface area contributed by atoms with Crippen LogP contribution in [0.15, 0.2) is 22.7 Å². The number of aliphatic hydroxyl groups is 1. The summed E-state index contributed by atoms with van der Waals surface area (Å²) in [5, 5.41) is 13.5. The molecule has 0 amide bonds. The smallest absolute Gasteiger partial charge is 0.264 e. The van der Waals surface area contributed by atoms with Crippen LogP contribution in [-0.4, -0.2) is 15.2 Å². The largest absolute Gasteiger partial charge is 0.483 e. The van der Waals surface area contributed by atoms with Gasteiger partial charge in [0.05, 0.1) is 6.10 Å². The van der Waals surface area contributed by atoms with E-state index in [4.69, 9.17) is 9.26 Å². The van der Waals surface area contributed by atoms with E-state index in [1.807, 2.05) is 32.0 Å². The molecule has 1 N–H and O–H groups in total. The summed E-state index contributed by atoms with van der Waals surface area (Å²) in [7, 11) is 0. The van der Waals surface area contributed by atoms with Gasteiger partial charge in [-0.1, -0.05) is 23.7 Å². The van der Waals surface area contributed by atoms with Crippen molar-refractivity contribution >= 4 is 0 Å². The third kappa shape index (κ3) is 3.32. The standard InChI is InChI=1S/C14H18N2O3/c1-4-13-15-14(19-16-13)8-18-12-6-5-9(2)7-11(12)10(3)17/h5-7,10,17H,4,8H2,1-3H3/t10-/m0/s1. The Hall–Kier alpha value is -1.88. The summed E-state index contributed by atoms with van der Waals surface area (Å²) < 4.78 is 10.7. The number of aromatic nitrogens is 2. The summed E-state index contributed by atoms with van der Waals surface area (Å²) >= 11 is 0. The van der Waals surface area contributed by atoms with Gasteiger partial charge in [0.15, 0.2) is 12.4 Å². The molecular weight excluding hydrogens is 244 g/mol. The van der Waals surface area contributed by atoms with Gasteiger partial charge >= 0.3 is 0 Å². The molecular formula is C14H18N2O3. The molecule has 0 saturated carbocycles. The predicted octanol–water partition coefficient (Wildman–Crippen LogP) is 2.57. The summed E-state index contributed by atoms with van der Waals surface area (Å²) in [6, 6.07) is 5.69. The van der Waals surface area contributed by atoms with E-state index in [2.05, 4.69) is 10.1 Å². The molecule has 0 aliphatic rings. The molecule has 1 atom stereocenters. The van der Waals surface area contributed by atoms with Gasteiger partial charge in [-0.3, -0.25) is 0 Å². The molecule has 0 aliphatic carbocycles. The first-order valence-electron chi connectivity index (χ1n) is 6.33. The number of benzene rings is 1. The molecule has 102 valence electrons. The maximum Gasteiger partial charge on any atom is 0.264 e. The fourth-order valence-electron chi connectivity index (χ4n) is 1.76. The summed E-state index contributed by atoms with van der Waals surface area (Å²) in [4.78, 5) is 4.17. The number of hydrogen-bond acceptors (Lipinski definition) is 5. The second kappa shape index (κ2) is 5.84. The van der Waals surface area contributed by atoms with E-state index >= 15 is 0 Å². The van der Waals surface area contributed by atoms with Gasteiger partial charge in [-0.2, -0.15) is 4.98 Å². The van der Waals surface area contributed by atoms with Gasteiger partial charge in [-0.05, 0) is 26.0 Å². The highest BCUT2D eigenvalue weighted by molar-refractivity contribution is 5.38. The van der Waals surface area contributed by atoms with Gasteiger partial charge in [0.1, 0.15) is 5.75 Å². The van der Waals surface area contributed by atoms with Crippen molar-refractivity contribution in [1.82, 2.24) is 10.1 Å². The van der Waals surface area contributed by atoms with E-state index in [-0.39, 0.29) is 6.61 Å². The Morgan fingerprint density at radius 3 is 2.84 bits per heavy atom. The lowest BCUT2D eigenvalue weighted by Gasteiger charge is -2.13. The van der Waals surface area contributed by atoms with Crippen LogP contribution in [0.25, 0.3) is 0 Å². The van der Waals surface area contributed by atoms with Crippen LogP contribution in [0, 0.1) is 6.92 Å². The van der Waals surface area contributed by atoms with Crippen LogP contribution in [-0.2, 0) is 13.0 Å². The molecule has 0 radical (unpaired) electrons. The Bertz CT molecular complexity index is 549. The third-order valence-corrected chi connectivity index (χ3v) is 2.79. The lowest BCUT2D eigenvalue weighted by Crippen LogP contribution is -2.02. The normalized spacial score (nSPS) is 12.4. The van der Waals surface area contributed by atoms with Crippen LogP contribution in [0.2, 0.25) is 0 Å². The Labute approximate surface area is 112 Å². The average Bonchev–Trinajstić information content (AvgIpc) is 2.85. The number of nitrogens with zero attached hydrogens (tertiary/aromatic N) is 2. The van der Waals surface area contributed by atoms with Crippen LogP contribution >= 0.6 is 0 Å². The zero-order valence-corrected chi connectivity index (χ0v) is 11.4. The molecule has 0 bridgehead atoms. The van der Waals surface area contributed by atoms with Gasteiger partial charge in [0, 0.05) is 12.0 Å². The fourth-order valence-corrected chi connectivity index (χ4v) is 1.76. The molecule has 1 aromatic heterocycles. The molecule has 1 aromatic carbocycles. The van der Waals surface area contributed by atoms with Crippen molar-refractivity contribution in [2.75, 3.05) is 0 Å². The van der Waals surface area contributed by atoms with Gasteiger partial charge in [0.25, 0.3) is 5.89 Å². The number of hydrogen-bond donors (Lipinski definition) is 1. The minimum Gasteiger partial charge on any atom is -0.483 e. The lowest BCUT2D eigenvalue weighted by atomic mass is 10.1. The number of rotatable bonds is 5. The van der Waals surface area contributed by atoms with Gasteiger partial charge in [0.2, 0.25) is 0 Å². The number of aliphatic hydroxyl groups excluding tert-OH is 1. The monoisotopic (exact) mass is 262 g/mol. The molecule has 1 heterocycles. The second-order valence-electron chi connectivity index (χ2n) is 4.46. The molecule has 5 nitrogen and oxygen atoms in total. The van der Waals surface area contributed by atoms with Crippen molar-refractivity contribution < 1.29 is 14.4 Å². The van der Waals surface area contributed by atoms with E-state index in [0.717, 1.165) is 17.5 Å². The zero-order valence-electron chi connectivity index (χ0n) is 11.4. The highest BCUT2D eigenvalue weighted by Gasteiger charge is 2.11. The lowest BCUT2D eigenvalue weighted by molar-refractivity contribution is 0.185. The summed E-state index contributed by atoms with van der Waals surface area (Å²) in [5.41, 5.74) is 1.84. The predicted molar refractivity (Wildman–Crippen MR) is 69.8 cm³/mol. The number of aryl methyl sites for hydroxylation is 2. The van der Waals surface area contributed by atoms with Crippen molar-refractivity contribution in [2.24, 2.45) is 0 Å². The Morgan fingerprint density at radius 2 is 2.21 bits per heavy atom. The molecule has 19 heavy (non-hydrogen) atoms. The van der Waals surface area contributed by atoms with Crippen molar-refractivity contribution in [2.45, 2.75) is 39.9 Å². The van der Waals surface area contributed by atoms with E-state index in [1.54, 1.807) is 6.92 Å². The molecule has 0 saturated heterocycles. The number of ether oxygens (including phenoxy) is 1. The van der Waals surface area contributed by atoms with Crippen LogP contribution < -0.4 is 4.74 Å². The van der Waals surface area contributed by atoms with Crippen LogP contribution in [0.4, 0.5) is 0 Å². The van der Waals surface area contributed by atoms with E-state index < -0.39 is 6.10 Å². The first-order chi connectivity index (χ1) is 9.10. The molecule has 0 aliphatic heterocycles. The van der Waals surface area contributed by atoms with Crippen molar-refractivity contribution in [3.8, 4) is 5.75 Å². The zero-order chi connectivity index (χ0) is 13.8. The first kappa shape index (κ1) is 13.5. The third-order valence-electron chi connectivity index (χ3n) is 2.79. The molecule has 2 aromatic rings. The van der Waals surface area contributed by atoms with Crippen LogP contribution in [0.1, 0.15) is 42.8 Å². The summed E-state index contributed by atoms with van der Waals surface area (Å²) in [6.45, 7) is 5.85. The molecule has 0 spiro atoms. The van der Waals surface area contributed by atoms with Gasteiger partial charge in [-0.15, -0.1) is 0 Å². The van der Waals surface area contributed by atoms with Crippen molar-refractivity contribution in [1.29, 1.82) is 0 Å². The van der Waals surface area contributed by atoms with Crippen molar-refractivity contribution in [3.05, 3.63) is 41.0 Å². The highest BCUT2D eigenvalue weighted by Crippen LogP contribution is 2.26. The molecule has 2 rings (SSSR count). The van der Waals surface area contributed by atoms with E-state index in [1.165, 1.54) is 0 Å². The maximum atomic E-state index is 9.74. The minimum absolute atomic E-state index is 0.204. The summed E-state index contributed by atoms with van der Waals surface area (Å²) in [5.74, 6) is 1.74. The first-order valence-corrected chi connectivity index (χ1v) is 6.33. The highest BCUT2D eigenvalue weighted by atomic mass is 16.5. The van der Waals surface area contributed by atoms with E-state index in [0.29, 0.717) is 17.5 Å². The maximum absolute atomic E-state index is 9.74. The minimum atomic E-state index is -0.580. The quantitative estimate of drug-likeness (QED) is 0.896. The molecule has 5 heteroatoms. The Balaban J connectivity index is 2.10. The topological polar surface area (TPSA) is 68.4 Å². The molecule has 0 unspecified atom stereocenters. The Morgan fingerprint density at radius 1 is 1.42 bits per heavy atom. The summed E-state index contributed by atoms with van der Waals surface area (Å²) in [6.07, 6.45) is 0.149. The second-order valence-corrected chi connectivity index (χ2v) is 4.46.